The molecule has 23 heavy (non-hydrogen) atoms. The van der Waals surface area contributed by atoms with Gasteiger partial charge >= 0.3 is 0 Å². The van der Waals surface area contributed by atoms with E-state index < -0.39 is 10.0 Å². The monoisotopic (exact) mass is 362 g/mol. The van der Waals surface area contributed by atoms with Crippen molar-refractivity contribution in [1.82, 2.24) is 4.57 Å². The van der Waals surface area contributed by atoms with Crippen LogP contribution >= 0.6 is 22.9 Å². The number of thiazole rings is 1. The van der Waals surface area contributed by atoms with Gasteiger partial charge in [0, 0.05) is 5.02 Å². The predicted octanol–water partition coefficient (Wildman–Crippen LogP) is 3.28. The molecule has 0 bridgehead atoms. The molecular weight excluding hydrogens is 352 g/mol. The Bertz CT molecular complexity index is 1070. The number of sulfonamides is 1. The van der Waals surface area contributed by atoms with Gasteiger partial charge in [0.15, 0.2) is 0 Å². The Kier molecular flexibility index (Phi) is 4.26. The molecule has 0 amide bonds. The highest BCUT2D eigenvalue weighted by atomic mass is 35.5. The highest BCUT2D eigenvalue weighted by Crippen LogP contribution is 2.19. The average Bonchev–Trinajstić information content (AvgIpc) is 2.85. The normalized spacial score (nSPS) is 12.4. The Hall–Kier alpha value is -2.07. The lowest BCUT2D eigenvalue weighted by molar-refractivity contribution is 0.596. The largest absolute Gasteiger partial charge is 0.304 e. The summed E-state index contributed by atoms with van der Waals surface area (Å²) in [5.41, 5.74) is 0.862. The number of nitrogens with zero attached hydrogens (tertiary/aromatic N) is 2. The SMILES string of the molecule is C#CCn1c(=NS(=O)(=O)c2ccc(Cl)cc2)sc2ccccc21. The Morgan fingerprint density at radius 2 is 1.87 bits per heavy atom. The van der Waals surface area contributed by atoms with E-state index in [1.54, 1.807) is 4.57 Å². The Balaban J connectivity index is 2.22. The van der Waals surface area contributed by atoms with E-state index in [0.29, 0.717) is 9.82 Å². The third-order valence-corrected chi connectivity index (χ3v) is 5.86. The Morgan fingerprint density at radius 1 is 1.17 bits per heavy atom. The number of aromatic nitrogens is 1. The summed E-state index contributed by atoms with van der Waals surface area (Å²) in [5.74, 6) is 2.53. The van der Waals surface area contributed by atoms with Crippen molar-refractivity contribution >= 4 is 43.2 Å². The number of halogens is 1. The number of hydrogen-bond donors (Lipinski definition) is 0. The lowest BCUT2D eigenvalue weighted by atomic mass is 10.3. The molecule has 0 saturated heterocycles. The first-order valence-corrected chi connectivity index (χ1v) is 9.23. The zero-order chi connectivity index (χ0) is 16.4. The number of para-hydroxylation sites is 1. The molecule has 0 aliphatic rings. The molecule has 3 aromatic rings. The minimum atomic E-state index is -3.83. The maximum absolute atomic E-state index is 12.5. The summed E-state index contributed by atoms with van der Waals surface area (Å²) >= 11 is 7.08. The van der Waals surface area contributed by atoms with Crippen LogP contribution in [0.2, 0.25) is 5.02 Å². The van der Waals surface area contributed by atoms with E-state index in [1.807, 2.05) is 24.3 Å². The number of hydrogen-bond acceptors (Lipinski definition) is 3. The van der Waals surface area contributed by atoms with E-state index in [1.165, 1.54) is 35.6 Å². The molecule has 1 aromatic heterocycles. The molecule has 0 unspecified atom stereocenters. The van der Waals surface area contributed by atoms with Crippen molar-refractivity contribution in [3.63, 3.8) is 0 Å². The van der Waals surface area contributed by atoms with E-state index in [2.05, 4.69) is 10.3 Å². The fraction of sp³-hybridized carbons (Fsp3) is 0.0625. The molecular formula is C16H11ClN2O2S2. The standard InChI is InChI=1S/C16H11ClN2O2S2/c1-2-11-19-14-5-3-4-6-15(14)22-16(19)18-23(20,21)13-9-7-12(17)8-10-13/h1,3-10H,11H2. The van der Waals surface area contributed by atoms with E-state index in [9.17, 15) is 8.42 Å². The quantitative estimate of drug-likeness (QED) is 0.671. The molecule has 0 aliphatic carbocycles. The number of rotatable bonds is 3. The highest BCUT2D eigenvalue weighted by molar-refractivity contribution is 7.90. The van der Waals surface area contributed by atoms with Crippen LogP contribution in [0.3, 0.4) is 0 Å². The Morgan fingerprint density at radius 3 is 2.57 bits per heavy atom. The lowest BCUT2D eigenvalue weighted by Crippen LogP contribution is -2.16. The first kappa shape index (κ1) is 15.8. The summed E-state index contributed by atoms with van der Waals surface area (Å²) in [4.78, 5) is 0.436. The van der Waals surface area contributed by atoms with Crippen molar-refractivity contribution in [1.29, 1.82) is 0 Å². The second-order valence-corrected chi connectivity index (χ2v) is 7.71. The third-order valence-electron chi connectivity index (χ3n) is 3.15. The van der Waals surface area contributed by atoms with Gasteiger partial charge in [-0.2, -0.15) is 8.42 Å². The first-order valence-electron chi connectivity index (χ1n) is 6.60. The van der Waals surface area contributed by atoms with Crippen LogP contribution in [0.4, 0.5) is 0 Å². The summed E-state index contributed by atoms with van der Waals surface area (Å²) in [6.45, 7) is 0.249. The highest BCUT2D eigenvalue weighted by Gasteiger charge is 2.14. The molecule has 0 saturated carbocycles. The second kappa shape index (κ2) is 6.20. The summed E-state index contributed by atoms with van der Waals surface area (Å²) in [6, 6.07) is 13.4. The van der Waals surface area contributed by atoms with Crippen LogP contribution in [0.1, 0.15) is 0 Å². The molecule has 0 spiro atoms. The van der Waals surface area contributed by atoms with Gasteiger partial charge in [-0.15, -0.1) is 10.8 Å². The van der Waals surface area contributed by atoms with Gasteiger partial charge in [-0.05, 0) is 36.4 Å². The molecule has 3 rings (SSSR count). The van der Waals surface area contributed by atoms with Gasteiger partial charge in [0.1, 0.15) is 0 Å². The fourth-order valence-electron chi connectivity index (χ4n) is 2.10. The maximum Gasteiger partial charge on any atom is 0.285 e. The minimum Gasteiger partial charge on any atom is -0.304 e. The molecule has 1 heterocycles. The second-order valence-electron chi connectivity index (χ2n) is 4.66. The van der Waals surface area contributed by atoms with Crippen molar-refractivity contribution < 1.29 is 8.42 Å². The van der Waals surface area contributed by atoms with Gasteiger partial charge in [0.05, 0.1) is 21.7 Å². The van der Waals surface area contributed by atoms with Crippen LogP contribution in [0.5, 0.6) is 0 Å². The van der Waals surface area contributed by atoms with E-state index >= 15 is 0 Å². The van der Waals surface area contributed by atoms with E-state index in [0.717, 1.165) is 10.2 Å². The van der Waals surface area contributed by atoms with Crippen molar-refractivity contribution in [3.8, 4) is 12.3 Å². The minimum absolute atomic E-state index is 0.0895. The number of fused-ring (bicyclic) bond motifs is 1. The lowest BCUT2D eigenvalue weighted by Gasteiger charge is -2.01. The maximum atomic E-state index is 12.5. The average molecular weight is 363 g/mol. The van der Waals surface area contributed by atoms with Crippen LogP contribution in [0.25, 0.3) is 10.2 Å². The molecule has 0 aliphatic heterocycles. The van der Waals surface area contributed by atoms with Crippen molar-refractivity contribution in [3.05, 3.63) is 58.4 Å². The van der Waals surface area contributed by atoms with Crippen LogP contribution in [-0.4, -0.2) is 13.0 Å². The van der Waals surface area contributed by atoms with Crippen LogP contribution < -0.4 is 4.80 Å². The van der Waals surface area contributed by atoms with Gasteiger partial charge in [-0.25, -0.2) is 0 Å². The molecule has 116 valence electrons. The predicted molar refractivity (Wildman–Crippen MR) is 92.8 cm³/mol. The van der Waals surface area contributed by atoms with Gasteiger partial charge in [-0.3, -0.25) is 0 Å². The van der Waals surface area contributed by atoms with Crippen molar-refractivity contribution in [2.75, 3.05) is 0 Å². The molecule has 4 nitrogen and oxygen atoms in total. The molecule has 2 aromatic carbocycles. The van der Waals surface area contributed by atoms with Crippen LogP contribution in [0.15, 0.2) is 57.8 Å². The molecule has 0 fully saturated rings. The van der Waals surface area contributed by atoms with Crippen molar-refractivity contribution in [2.45, 2.75) is 11.4 Å². The zero-order valence-electron chi connectivity index (χ0n) is 11.8. The van der Waals surface area contributed by atoms with Gasteiger partial charge in [-0.1, -0.05) is 41.0 Å². The van der Waals surface area contributed by atoms with Gasteiger partial charge in [0.25, 0.3) is 10.0 Å². The van der Waals surface area contributed by atoms with Gasteiger partial charge in [0.2, 0.25) is 4.80 Å². The summed E-state index contributed by atoms with van der Waals surface area (Å²) in [5, 5.41) is 0.466. The van der Waals surface area contributed by atoms with Crippen molar-refractivity contribution in [2.24, 2.45) is 4.40 Å². The summed E-state index contributed by atoms with van der Waals surface area (Å²) in [6.07, 6.45) is 5.40. The third kappa shape index (κ3) is 3.17. The first-order chi connectivity index (χ1) is 11.0. The van der Waals surface area contributed by atoms with E-state index in [4.69, 9.17) is 18.0 Å². The summed E-state index contributed by atoms with van der Waals surface area (Å²) < 4.78 is 31.6. The number of benzene rings is 2. The Labute approximate surface area is 142 Å². The van der Waals surface area contributed by atoms with Crippen LogP contribution in [-0.2, 0) is 16.6 Å². The summed E-state index contributed by atoms with van der Waals surface area (Å²) in [7, 11) is -3.83. The molecule has 0 radical (unpaired) electrons. The number of terminal acetylenes is 1. The molecule has 0 atom stereocenters. The molecule has 0 N–H and O–H groups in total. The zero-order valence-corrected chi connectivity index (χ0v) is 14.2. The van der Waals surface area contributed by atoms with E-state index in [-0.39, 0.29) is 11.4 Å². The van der Waals surface area contributed by atoms with Crippen LogP contribution in [0, 0.1) is 12.3 Å². The topological polar surface area (TPSA) is 51.4 Å². The van der Waals surface area contributed by atoms with Gasteiger partial charge < -0.3 is 4.57 Å². The smallest absolute Gasteiger partial charge is 0.285 e. The fourth-order valence-corrected chi connectivity index (χ4v) is 4.46. The molecule has 7 heteroatoms.